The average molecular weight is 620 g/mol. The van der Waals surface area contributed by atoms with Crippen LogP contribution in [0.2, 0.25) is 0 Å². The number of pyridine rings is 2. The summed E-state index contributed by atoms with van der Waals surface area (Å²) < 4.78 is 36.4. The minimum atomic E-state index is -4.22. The third kappa shape index (κ3) is 6.13. The molecular weight excluding hydrogens is 578 g/mol. The number of sulfonamides is 1. The van der Waals surface area contributed by atoms with Crippen molar-refractivity contribution in [3.63, 3.8) is 0 Å². The molecule has 12 heteroatoms. The average Bonchev–Trinajstić information content (AvgIpc) is 3.93. The molecule has 4 bridgehead atoms. The summed E-state index contributed by atoms with van der Waals surface area (Å²) >= 11 is 0. The lowest BCUT2D eigenvalue weighted by Gasteiger charge is -2.34. The lowest BCUT2D eigenvalue weighted by molar-refractivity contribution is 0.0981. The summed E-state index contributed by atoms with van der Waals surface area (Å²) in [6, 6.07) is 9.88. The van der Waals surface area contributed by atoms with E-state index in [0.29, 0.717) is 48.9 Å². The van der Waals surface area contributed by atoms with E-state index in [1.165, 1.54) is 31.7 Å². The van der Waals surface area contributed by atoms with Gasteiger partial charge in [-0.2, -0.15) is 8.42 Å². The SMILES string of the molecule is CC1(C)C[C@H]2CCCNc3cccc(n3)S(=O)(=O)NC(=O)c3ccc(-n4ccc(OCCC(C5CC5)C5CC5)n4)nc3N1C2. The maximum Gasteiger partial charge on any atom is 0.281 e. The van der Waals surface area contributed by atoms with Gasteiger partial charge in [0.15, 0.2) is 10.8 Å². The van der Waals surface area contributed by atoms with Crippen LogP contribution in [0, 0.1) is 23.7 Å². The number of hydrogen-bond acceptors (Lipinski definition) is 9. The van der Waals surface area contributed by atoms with Gasteiger partial charge >= 0.3 is 0 Å². The van der Waals surface area contributed by atoms with Crippen molar-refractivity contribution in [3.05, 3.63) is 48.2 Å². The minimum absolute atomic E-state index is 0.185. The lowest BCUT2D eigenvalue weighted by atomic mass is 9.93. The molecule has 0 radical (unpaired) electrons. The molecular formula is C32H41N7O4S. The van der Waals surface area contributed by atoms with E-state index in [9.17, 15) is 13.2 Å². The first kappa shape index (κ1) is 29.1. The Bertz CT molecular complexity index is 1640. The van der Waals surface area contributed by atoms with E-state index in [1.807, 2.05) is 12.3 Å². The van der Waals surface area contributed by atoms with Crippen molar-refractivity contribution in [1.29, 1.82) is 0 Å². The Balaban J connectivity index is 1.17. The number of anilines is 2. The Morgan fingerprint density at radius 2 is 1.84 bits per heavy atom. The second-order valence-electron chi connectivity index (χ2n) is 13.5. The maximum atomic E-state index is 13.6. The molecule has 7 rings (SSSR count). The molecule has 2 N–H and O–H groups in total. The molecule has 4 aliphatic rings. The van der Waals surface area contributed by atoms with Crippen molar-refractivity contribution < 1.29 is 17.9 Å². The van der Waals surface area contributed by atoms with Crippen LogP contribution < -0.4 is 19.7 Å². The third-order valence-corrected chi connectivity index (χ3v) is 10.8. The van der Waals surface area contributed by atoms with Crippen molar-refractivity contribution in [1.82, 2.24) is 24.5 Å². The molecule has 0 aromatic carbocycles. The summed E-state index contributed by atoms with van der Waals surface area (Å²) in [7, 11) is -4.22. The lowest BCUT2D eigenvalue weighted by Crippen LogP contribution is -2.41. The number of rotatable bonds is 7. The molecule has 3 fully saturated rings. The summed E-state index contributed by atoms with van der Waals surface area (Å²) in [5.74, 6) is 4.16. The summed E-state index contributed by atoms with van der Waals surface area (Å²) in [4.78, 5) is 25.0. The van der Waals surface area contributed by atoms with Crippen molar-refractivity contribution in [2.24, 2.45) is 23.7 Å². The second kappa shape index (κ2) is 11.4. The van der Waals surface area contributed by atoms with Crippen LogP contribution in [0.25, 0.3) is 5.82 Å². The predicted molar refractivity (Wildman–Crippen MR) is 167 cm³/mol. The standard InChI is InChI=1S/C32H41N7O4S/c1-32(2)19-21-5-4-16-33-26-6-3-7-29(34-26)44(41,42)37-31(40)25-12-13-27(35-30(25)38(32)20-21)39-17-14-28(36-39)43-18-15-24(22-8-9-22)23-10-11-23/h3,6-7,12-14,17,21-24H,4-5,8-11,15-16,18-20H2,1-2H3,(H,33,34)(H,37,40)/t21-/m1/s1. The molecule has 0 spiro atoms. The molecule has 44 heavy (non-hydrogen) atoms. The highest BCUT2D eigenvalue weighted by molar-refractivity contribution is 7.90. The number of nitrogens with zero attached hydrogens (tertiary/aromatic N) is 5. The van der Waals surface area contributed by atoms with Gasteiger partial charge in [-0.3, -0.25) is 4.79 Å². The van der Waals surface area contributed by atoms with Gasteiger partial charge in [-0.05, 0) is 113 Å². The highest BCUT2D eigenvalue weighted by Crippen LogP contribution is 2.50. The number of nitrogens with one attached hydrogen (secondary N) is 2. The molecule has 5 heterocycles. The molecule has 0 unspecified atom stereocenters. The van der Waals surface area contributed by atoms with Gasteiger partial charge in [0.2, 0.25) is 5.88 Å². The van der Waals surface area contributed by atoms with Crippen molar-refractivity contribution in [3.8, 4) is 11.7 Å². The Kier molecular flexibility index (Phi) is 7.50. The van der Waals surface area contributed by atoms with E-state index < -0.39 is 15.9 Å². The first-order valence-corrected chi connectivity index (χ1v) is 17.4. The van der Waals surface area contributed by atoms with Crippen LogP contribution in [0.1, 0.15) is 75.6 Å². The number of aromatic nitrogens is 4. The number of amides is 1. The van der Waals surface area contributed by atoms with E-state index in [4.69, 9.17) is 9.72 Å². The van der Waals surface area contributed by atoms with E-state index in [-0.39, 0.29) is 16.1 Å². The molecule has 3 aromatic rings. The van der Waals surface area contributed by atoms with Gasteiger partial charge in [0.05, 0.1) is 12.2 Å². The van der Waals surface area contributed by atoms with Crippen LogP contribution in [0.4, 0.5) is 11.6 Å². The molecule has 1 amide bonds. The molecule has 1 saturated heterocycles. The van der Waals surface area contributed by atoms with Gasteiger partial charge in [-0.15, -0.1) is 5.10 Å². The van der Waals surface area contributed by atoms with Gasteiger partial charge in [0.1, 0.15) is 11.6 Å². The molecule has 1 atom stereocenters. The number of carbonyl (C=O) groups excluding carboxylic acids is 1. The number of ether oxygens (including phenoxy) is 1. The number of fused-ring (bicyclic) bond motifs is 6. The Hall–Kier alpha value is -3.67. The topological polar surface area (TPSA) is 131 Å². The Morgan fingerprint density at radius 1 is 1.05 bits per heavy atom. The van der Waals surface area contributed by atoms with E-state index in [1.54, 1.807) is 28.9 Å². The molecule has 11 nitrogen and oxygen atoms in total. The zero-order valence-electron chi connectivity index (χ0n) is 25.4. The molecule has 2 aliphatic heterocycles. The van der Waals surface area contributed by atoms with Gasteiger partial charge in [0.25, 0.3) is 15.9 Å². The summed E-state index contributed by atoms with van der Waals surface area (Å²) in [5, 5.41) is 7.65. The smallest absolute Gasteiger partial charge is 0.281 e. The maximum absolute atomic E-state index is 13.6. The molecule has 3 aromatic heterocycles. The highest BCUT2D eigenvalue weighted by atomic mass is 32.2. The summed E-state index contributed by atoms with van der Waals surface area (Å²) in [5.41, 5.74) is -0.108. The van der Waals surface area contributed by atoms with E-state index in [2.05, 4.69) is 38.9 Å². The zero-order chi connectivity index (χ0) is 30.5. The summed E-state index contributed by atoms with van der Waals surface area (Å²) in [6.45, 7) is 6.32. The third-order valence-electron chi connectivity index (χ3n) is 9.60. The normalized spacial score (nSPS) is 22.8. The van der Waals surface area contributed by atoms with Crippen molar-refractivity contribution >= 4 is 27.6 Å². The van der Waals surface area contributed by atoms with Gasteiger partial charge in [0, 0.05) is 30.9 Å². The van der Waals surface area contributed by atoms with Crippen LogP contribution in [-0.2, 0) is 10.0 Å². The van der Waals surface area contributed by atoms with Gasteiger partial charge < -0.3 is 15.0 Å². The van der Waals surface area contributed by atoms with Crippen molar-refractivity contribution in [2.45, 2.75) is 75.8 Å². The van der Waals surface area contributed by atoms with E-state index in [0.717, 1.165) is 43.4 Å². The van der Waals surface area contributed by atoms with Crippen LogP contribution in [0.15, 0.2) is 47.6 Å². The molecule has 234 valence electrons. The fourth-order valence-corrected chi connectivity index (χ4v) is 8.05. The Morgan fingerprint density at radius 3 is 2.61 bits per heavy atom. The molecule has 2 aliphatic carbocycles. The first-order valence-electron chi connectivity index (χ1n) is 15.9. The van der Waals surface area contributed by atoms with Crippen LogP contribution in [-0.4, -0.2) is 59.3 Å². The predicted octanol–water partition coefficient (Wildman–Crippen LogP) is 4.80. The number of hydrogen-bond donors (Lipinski definition) is 2. The first-order chi connectivity index (χ1) is 21.2. The Labute approximate surface area is 258 Å². The molecule has 2 saturated carbocycles. The number of carbonyl (C=O) groups is 1. The second-order valence-corrected chi connectivity index (χ2v) is 15.1. The highest BCUT2D eigenvalue weighted by Gasteiger charge is 2.42. The monoisotopic (exact) mass is 619 g/mol. The van der Waals surface area contributed by atoms with Gasteiger partial charge in [-0.1, -0.05) is 6.07 Å². The van der Waals surface area contributed by atoms with Crippen LogP contribution in [0.5, 0.6) is 5.88 Å². The van der Waals surface area contributed by atoms with E-state index >= 15 is 0 Å². The minimum Gasteiger partial charge on any atom is -0.477 e. The summed E-state index contributed by atoms with van der Waals surface area (Å²) in [6.07, 6.45) is 11.1. The van der Waals surface area contributed by atoms with Gasteiger partial charge in [-0.25, -0.2) is 19.4 Å². The quantitative estimate of drug-likeness (QED) is 0.383. The fourth-order valence-electron chi connectivity index (χ4n) is 7.12. The van der Waals surface area contributed by atoms with Crippen LogP contribution in [0.3, 0.4) is 0 Å². The zero-order valence-corrected chi connectivity index (χ0v) is 26.2. The fraction of sp³-hybridized carbons (Fsp3) is 0.562. The van der Waals surface area contributed by atoms with Crippen molar-refractivity contribution in [2.75, 3.05) is 29.9 Å². The largest absolute Gasteiger partial charge is 0.477 e. The van der Waals surface area contributed by atoms with Crippen LogP contribution >= 0.6 is 0 Å².